The number of carbonyl (C=O) groups is 1. The molecule has 0 aliphatic carbocycles. The first-order chi connectivity index (χ1) is 9.71. The number of halogens is 1. The van der Waals surface area contributed by atoms with Crippen molar-refractivity contribution in [1.82, 2.24) is 0 Å². The lowest BCUT2D eigenvalue weighted by atomic mass is 10.1. The van der Waals surface area contributed by atoms with Crippen LogP contribution in [-0.4, -0.2) is 11.1 Å². The highest BCUT2D eigenvalue weighted by Crippen LogP contribution is 2.20. The third-order valence-corrected chi connectivity index (χ3v) is 2.42. The fraction of sp³-hybridized carbons (Fsp3) is 0.0769. The maximum atomic E-state index is 13.0. The van der Waals surface area contributed by atoms with E-state index < -0.39 is 24.3 Å². The fourth-order valence-electron chi connectivity index (χ4n) is 1.58. The number of nitrogens with zero attached hydrogens (tertiary/aromatic N) is 1. The highest BCUT2D eigenvalue weighted by atomic mass is 19.1. The third-order valence-electron chi connectivity index (χ3n) is 2.42. The zero-order valence-corrected chi connectivity index (χ0v) is 9.05. The molecule has 0 radical (unpaired) electrons. The average Bonchev–Trinajstić information content (AvgIpc) is 2.38. The van der Waals surface area contributed by atoms with Crippen LogP contribution in [0.15, 0.2) is 36.4 Å². The molecule has 0 aliphatic rings. The molecule has 1 N–H and O–H groups in total. The van der Waals surface area contributed by atoms with Gasteiger partial charge in [0.2, 0.25) is 5.69 Å². The van der Waals surface area contributed by atoms with Crippen molar-refractivity contribution in [2.45, 2.75) is 6.85 Å². The molecule has 18 heavy (non-hydrogen) atoms. The molecule has 2 rings (SSSR count). The Kier molecular flexibility index (Phi) is 2.13. The van der Waals surface area contributed by atoms with E-state index in [1.165, 1.54) is 12.1 Å². The topological polar surface area (TPSA) is 64.2 Å². The molecule has 0 bridgehead atoms. The second kappa shape index (κ2) is 4.44. The second-order valence-corrected chi connectivity index (χ2v) is 3.59. The molecule has 92 valence electrons. The van der Waals surface area contributed by atoms with Gasteiger partial charge in [0.15, 0.2) is 0 Å². The lowest BCUT2D eigenvalue weighted by molar-refractivity contribution is -0.597. The Labute approximate surface area is 107 Å². The van der Waals surface area contributed by atoms with Gasteiger partial charge in [0.1, 0.15) is 5.82 Å². The Morgan fingerprint density at radius 1 is 1.33 bits per heavy atom. The van der Waals surface area contributed by atoms with E-state index in [1.807, 2.05) is 0 Å². The Balaban J connectivity index is 2.78. The van der Waals surface area contributed by atoms with Gasteiger partial charge in [-0.25, -0.2) is 9.18 Å². The number of aromatic nitrogens is 1. The average molecular weight is 250 g/mol. The minimum atomic E-state index is -2.60. The van der Waals surface area contributed by atoms with E-state index in [0.717, 1.165) is 24.3 Å². The van der Waals surface area contributed by atoms with Crippen LogP contribution < -0.4 is 4.73 Å². The molecule has 0 unspecified atom stereocenters. The molecule has 0 fully saturated rings. The SMILES string of the molecule is [2H]C([2H])([2H])c1ccc(C(=O)O)[n+]([O-])c1-c1ccc(F)cc1. The minimum Gasteiger partial charge on any atom is -0.618 e. The van der Waals surface area contributed by atoms with Crippen molar-refractivity contribution in [3.8, 4) is 11.3 Å². The van der Waals surface area contributed by atoms with E-state index in [0.29, 0.717) is 0 Å². The van der Waals surface area contributed by atoms with Crippen molar-refractivity contribution in [3.05, 3.63) is 58.7 Å². The number of aryl methyl sites for hydroxylation is 1. The smallest absolute Gasteiger partial charge is 0.402 e. The molecule has 0 saturated heterocycles. The van der Waals surface area contributed by atoms with Crippen LogP contribution in [0, 0.1) is 17.9 Å². The summed E-state index contributed by atoms with van der Waals surface area (Å²) in [7, 11) is 0. The van der Waals surface area contributed by atoms with E-state index in [9.17, 15) is 14.4 Å². The number of carboxylic acids is 1. The molecule has 0 amide bonds. The van der Waals surface area contributed by atoms with Gasteiger partial charge in [0.25, 0.3) is 0 Å². The van der Waals surface area contributed by atoms with Crippen LogP contribution in [0.4, 0.5) is 4.39 Å². The maximum Gasteiger partial charge on any atom is 0.402 e. The predicted molar refractivity (Wildman–Crippen MR) is 62.5 cm³/mol. The van der Waals surface area contributed by atoms with E-state index in [2.05, 4.69) is 0 Å². The van der Waals surface area contributed by atoms with Crippen LogP contribution in [-0.2, 0) is 0 Å². The summed E-state index contributed by atoms with van der Waals surface area (Å²) in [4.78, 5) is 11.0. The number of aromatic carboxylic acids is 1. The summed E-state index contributed by atoms with van der Waals surface area (Å²) in [6, 6.07) is 6.58. The largest absolute Gasteiger partial charge is 0.618 e. The fourth-order valence-corrected chi connectivity index (χ4v) is 1.58. The first-order valence-corrected chi connectivity index (χ1v) is 4.98. The van der Waals surface area contributed by atoms with Crippen LogP contribution in [0.2, 0.25) is 0 Å². The summed E-state index contributed by atoms with van der Waals surface area (Å²) < 4.78 is 35.3. The second-order valence-electron chi connectivity index (χ2n) is 3.59. The summed E-state index contributed by atoms with van der Waals surface area (Å²) in [6.45, 7) is -2.60. The van der Waals surface area contributed by atoms with E-state index in [-0.39, 0.29) is 21.6 Å². The van der Waals surface area contributed by atoms with Gasteiger partial charge < -0.3 is 10.3 Å². The number of hydrogen-bond acceptors (Lipinski definition) is 2. The van der Waals surface area contributed by atoms with Crippen LogP contribution in [0.5, 0.6) is 0 Å². The highest BCUT2D eigenvalue weighted by molar-refractivity contribution is 5.84. The molecular weight excluding hydrogens is 237 g/mol. The van der Waals surface area contributed by atoms with Crippen molar-refractivity contribution in [1.29, 1.82) is 0 Å². The lowest BCUT2D eigenvalue weighted by Crippen LogP contribution is -2.37. The number of rotatable bonds is 2. The monoisotopic (exact) mass is 250 g/mol. The third kappa shape index (κ3) is 2.02. The summed E-state index contributed by atoms with van der Waals surface area (Å²) in [5, 5.41) is 21.1. The highest BCUT2D eigenvalue weighted by Gasteiger charge is 2.21. The van der Waals surface area contributed by atoms with E-state index in [1.54, 1.807) is 0 Å². The van der Waals surface area contributed by atoms with Crippen molar-refractivity contribution in [2.75, 3.05) is 0 Å². The van der Waals surface area contributed by atoms with Crippen molar-refractivity contribution >= 4 is 5.97 Å². The van der Waals surface area contributed by atoms with Crippen molar-refractivity contribution in [2.24, 2.45) is 0 Å². The summed E-state index contributed by atoms with van der Waals surface area (Å²) in [5.74, 6) is -2.04. The normalized spacial score (nSPS) is 13.5. The molecule has 1 aromatic carbocycles. The number of pyridine rings is 1. The van der Waals surface area contributed by atoms with Gasteiger partial charge in [-0.1, -0.05) is 0 Å². The molecule has 1 heterocycles. The number of carboxylic acid groups (broad SMARTS) is 1. The quantitative estimate of drug-likeness (QED) is 0.656. The van der Waals surface area contributed by atoms with Gasteiger partial charge in [-0.2, -0.15) is 4.73 Å². The first-order valence-electron chi connectivity index (χ1n) is 6.48. The van der Waals surface area contributed by atoms with Crippen LogP contribution in [0.25, 0.3) is 11.3 Å². The predicted octanol–water partition coefficient (Wildman–Crippen LogP) is 2.13. The van der Waals surface area contributed by atoms with Gasteiger partial charge in [0.05, 0.1) is 0 Å². The molecule has 0 aliphatic heterocycles. The Morgan fingerprint density at radius 3 is 2.56 bits per heavy atom. The zero-order chi connectivity index (χ0) is 15.8. The molecule has 4 nitrogen and oxygen atoms in total. The Morgan fingerprint density at radius 2 is 2.00 bits per heavy atom. The molecular formula is C13H10FNO3. The zero-order valence-electron chi connectivity index (χ0n) is 12.1. The lowest BCUT2D eigenvalue weighted by Gasteiger charge is -2.09. The Bertz CT molecular complexity index is 699. The van der Waals surface area contributed by atoms with Crippen molar-refractivity contribution < 1.29 is 23.1 Å². The summed E-state index contributed by atoms with van der Waals surface area (Å²) in [6.07, 6.45) is 0. The number of hydrogen-bond donors (Lipinski definition) is 1. The van der Waals surface area contributed by atoms with Gasteiger partial charge in [0, 0.05) is 21.3 Å². The molecule has 0 spiro atoms. The number of benzene rings is 1. The van der Waals surface area contributed by atoms with Crippen LogP contribution in [0.3, 0.4) is 0 Å². The molecule has 2 aromatic rings. The van der Waals surface area contributed by atoms with Gasteiger partial charge >= 0.3 is 11.7 Å². The minimum absolute atomic E-state index is 0.0390. The summed E-state index contributed by atoms with van der Waals surface area (Å²) >= 11 is 0. The van der Waals surface area contributed by atoms with Gasteiger partial charge in [-0.3, -0.25) is 0 Å². The van der Waals surface area contributed by atoms with Crippen LogP contribution in [0.1, 0.15) is 20.2 Å². The van der Waals surface area contributed by atoms with E-state index in [4.69, 9.17) is 9.22 Å². The molecule has 0 atom stereocenters. The standard InChI is InChI=1S/C13H10FNO3/c1-8-2-7-11(13(16)17)15(18)12(8)9-3-5-10(14)6-4-9/h2-7H,1H3,(H,16,17)/i1D3. The molecule has 1 aromatic heterocycles. The van der Waals surface area contributed by atoms with E-state index >= 15 is 0 Å². The molecule has 5 heteroatoms. The van der Waals surface area contributed by atoms with Crippen LogP contribution >= 0.6 is 0 Å². The van der Waals surface area contributed by atoms with Crippen molar-refractivity contribution in [3.63, 3.8) is 0 Å². The van der Waals surface area contributed by atoms with Gasteiger partial charge in [-0.05, 0) is 37.2 Å². The van der Waals surface area contributed by atoms with Gasteiger partial charge in [-0.15, -0.1) is 0 Å². The maximum absolute atomic E-state index is 13.0. The summed E-state index contributed by atoms with van der Waals surface area (Å²) in [5.41, 5.74) is -1.10. The first kappa shape index (κ1) is 8.63. The Hall–Kier alpha value is -2.43. The molecule has 0 saturated carbocycles.